The smallest absolute Gasteiger partial charge is 0.284 e. The number of aromatic nitrogens is 4. The summed E-state index contributed by atoms with van der Waals surface area (Å²) in [4.78, 5) is 27.0. The Morgan fingerprint density at radius 2 is 2.28 bits per heavy atom. The first kappa shape index (κ1) is 21.2. The number of hydrogen-bond donors (Lipinski definition) is 3. The van der Waals surface area contributed by atoms with Gasteiger partial charge in [0, 0.05) is 18.2 Å². The van der Waals surface area contributed by atoms with E-state index in [0.29, 0.717) is 36.5 Å². The largest absolute Gasteiger partial charge is 0.471 e. The Hall–Kier alpha value is -4.01. The summed E-state index contributed by atoms with van der Waals surface area (Å²) in [6, 6.07) is 10.6. The van der Waals surface area contributed by atoms with Crippen LogP contribution in [0, 0.1) is 11.3 Å². The molecule has 1 aromatic carbocycles. The van der Waals surface area contributed by atoms with E-state index in [9.17, 15) is 10.1 Å². The molecular weight excluding hydrogens is 414 g/mol. The van der Waals surface area contributed by atoms with Gasteiger partial charge in [0.2, 0.25) is 5.88 Å². The molecule has 1 aliphatic heterocycles. The molecule has 2 aromatic heterocycles. The van der Waals surface area contributed by atoms with Crippen LogP contribution >= 0.6 is 0 Å². The molecule has 1 fully saturated rings. The van der Waals surface area contributed by atoms with Gasteiger partial charge in [-0.15, -0.1) is 0 Å². The SMILES string of the molecule is C[C@H](ONC(=O)c1c(N)nc(-c2cccc(C#N)c2)nc1O[C@H]1CCOC1)c1ccn[nH]1. The quantitative estimate of drug-likeness (QED) is 0.471. The number of nitrogens with zero attached hydrogens (tertiary/aromatic N) is 4. The van der Waals surface area contributed by atoms with Gasteiger partial charge in [-0.05, 0) is 25.1 Å². The highest BCUT2D eigenvalue weighted by Crippen LogP contribution is 2.28. The number of anilines is 1. The van der Waals surface area contributed by atoms with Gasteiger partial charge in [0.25, 0.3) is 5.91 Å². The highest BCUT2D eigenvalue weighted by molar-refractivity contribution is 6.00. The number of H-pyrrole nitrogens is 1. The Balaban J connectivity index is 1.63. The zero-order valence-electron chi connectivity index (χ0n) is 17.2. The van der Waals surface area contributed by atoms with Crippen LogP contribution in [0.15, 0.2) is 36.5 Å². The number of nitrogens with one attached hydrogen (secondary N) is 2. The number of aromatic amines is 1. The summed E-state index contributed by atoms with van der Waals surface area (Å²) in [5.74, 6) is -0.487. The fourth-order valence-corrected chi connectivity index (χ4v) is 3.13. The third kappa shape index (κ3) is 4.66. The van der Waals surface area contributed by atoms with Crippen LogP contribution in [-0.4, -0.2) is 45.4 Å². The molecule has 0 aliphatic carbocycles. The van der Waals surface area contributed by atoms with Crippen LogP contribution in [-0.2, 0) is 9.57 Å². The number of benzene rings is 1. The Morgan fingerprint density at radius 1 is 1.41 bits per heavy atom. The maximum Gasteiger partial charge on any atom is 0.284 e. The summed E-state index contributed by atoms with van der Waals surface area (Å²) in [5.41, 5.74) is 10.2. The minimum absolute atomic E-state index is 0.0145. The number of hydrogen-bond acceptors (Lipinski definition) is 9. The van der Waals surface area contributed by atoms with E-state index in [1.54, 1.807) is 43.5 Å². The molecule has 2 atom stereocenters. The first-order chi connectivity index (χ1) is 15.5. The second-order valence-corrected chi connectivity index (χ2v) is 7.11. The van der Waals surface area contributed by atoms with Gasteiger partial charge in [0.15, 0.2) is 5.82 Å². The first-order valence-electron chi connectivity index (χ1n) is 9.93. The molecule has 1 amide bonds. The van der Waals surface area contributed by atoms with Crippen LogP contribution in [0.1, 0.15) is 41.1 Å². The standard InChI is InChI=1S/C21H21N7O4/c1-12(16-5-7-24-27-16)32-28-20(29)17-18(23)25-19(14-4-2-3-13(9-14)10-22)26-21(17)31-15-6-8-30-11-15/h2-5,7,9,12,15H,6,8,11H2,1H3,(H,24,27)(H,28,29)(H2,23,25,26)/t12-,15-/m0/s1. The molecule has 32 heavy (non-hydrogen) atoms. The number of nitriles is 1. The maximum atomic E-state index is 12.9. The van der Waals surface area contributed by atoms with E-state index in [1.807, 2.05) is 0 Å². The predicted octanol–water partition coefficient (Wildman–Crippen LogP) is 1.91. The topological polar surface area (TPSA) is 161 Å². The number of nitrogens with two attached hydrogens (primary N) is 1. The van der Waals surface area contributed by atoms with Crippen LogP contribution in [0.5, 0.6) is 5.88 Å². The lowest BCUT2D eigenvalue weighted by molar-refractivity contribution is -0.0109. The van der Waals surface area contributed by atoms with Crippen molar-refractivity contribution in [1.82, 2.24) is 25.6 Å². The van der Waals surface area contributed by atoms with Gasteiger partial charge in [-0.25, -0.2) is 10.5 Å². The molecule has 3 heterocycles. The van der Waals surface area contributed by atoms with E-state index < -0.39 is 12.0 Å². The second kappa shape index (κ2) is 9.42. The molecule has 3 aromatic rings. The molecule has 0 saturated carbocycles. The average Bonchev–Trinajstić information content (AvgIpc) is 3.51. The lowest BCUT2D eigenvalue weighted by atomic mass is 10.1. The van der Waals surface area contributed by atoms with Gasteiger partial charge in [-0.2, -0.15) is 15.3 Å². The van der Waals surface area contributed by atoms with Crippen LogP contribution < -0.4 is 16.0 Å². The molecule has 0 spiro atoms. The van der Waals surface area contributed by atoms with E-state index >= 15 is 0 Å². The lowest BCUT2D eigenvalue weighted by Crippen LogP contribution is -2.29. The summed E-state index contributed by atoms with van der Waals surface area (Å²) in [6.07, 6.45) is 1.47. The van der Waals surface area contributed by atoms with Crippen molar-refractivity contribution in [3.05, 3.63) is 53.3 Å². The van der Waals surface area contributed by atoms with Crippen molar-refractivity contribution in [3.8, 4) is 23.3 Å². The number of nitrogen functional groups attached to an aromatic ring is 1. The molecule has 11 nitrogen and oxygen atoms in total. The van der Waals surface area contributed by atoms with Crippen LogP contribution in [0.3, 0.4) is 0 Å². The van der Waals surface area contributed by atoms with Crippen LogP contribution in [0.4, 0.5) is 5.82 Å². The number of amides is 1. The van der Waals surface area contributed by atoms with Crippen LogP contribution in [0.25, 0.3) is 11.4 Å². The predicted molar refractivity (Wildman–Crippen MR) is 112 cm³/mol. The molecule has 0 unspecified atom stereocenters. The van der Waals surface area contributed by atoms with E-state index in [1.165, 1.54) is 0 Å². The van der Waals surface area contributed by atoms with Crippen molar-refractivity contribution in [1.29, 1.82) is 5.26 Å². The Labute approximate surface area is 183 Å². The van der Waals surface area contributed by atoms with Gasteiger partial charge in [0.05, 0.1) is 30.5 Å². The zero-order chi connectivity index (χ0) is 22.5. The van der Waals surface area contributed by atoms with E-state index in [-0.39, 0.29) is 29.2 Å². The number of ether oxygens (including phenoxy) is 2. The maximum absolute atomic E-state index is 12.9. The molecule has 4 N–H and O–H groups in total. The molecule has 11 heteroatoms. The Kier molecular flexibility index (Phi) is 6.25. The number of rotatable bonds is 7. The highest BCUT2D eigenvalue weighted by atomic mass is 16.7. The van der Waals surface area contributed by atoms with Crippen molar-refractivity contribution in [3.63, 3.8) is 0 Å². The molecule has 164 valence electrons. The molecule has 1 aliphatic rings. The minimum atomic E-state index is -0.653. The lowest BCUT2D eigenvalue weighted by Gasteiger charge is -2.17. The average molecular weight is 435 g/mol. The molecule has 1 saturated heterocycles. The van der Waals surface area contributed by atoms with Gasteiger partial charge in [-0.1, -0.05) is 12.1 Å². The van der Waals surface area contributed by atoms with Crippen molar-refractivity contribution in [2.75, 3.05) is 18.9 Å². The number of carbonyl (C=O) groups excluding carboxylic acids is 1. The van der Waals surface area contributed by atoms with Crippen molar-refractivity contribution < 1.29 is 19.1 Å². The molecule has 0 bridgehead atoms. The summed E-state index contributed by atoms with van der Waals surface area (Å²) >= 11 is 0. The zero-order valence-corrected chi connectivity index (χ0v) is 17.2. The van der Waals surface area contributed by atoms with E-state index in [2.05, 4.69) is 31.7 Å². The number of carbonyl (C=O) groups is 1. The van der Waals surface area contributed by atoms with Crippen LogP contribution in [0.2, 0.25) is 0 Å². The third-order valence-electron chi connectivity index (χ3n) is 4.84. The molecular formula is C21H21N7O4. The van der Waals surface area contributed by atoms with Gasteiger partial charge >= 0.3 is 0 Å². The van der Waals surface area contributed by atoms with E-state index in [0.717, 1.165) is 0 Å². The Morgan fingerprint density at radius 3 is 3.00 bits per heavy atom. The highest BCUT2D eigenvalue weighted by Gasteiger charge is 2.26. The fraction of sp³-hybridized carbons (Fsp3) is 0.286. The van der Waals surface area contributed by atoms with E-state index in [4.69, 9.17) is 20.0 Å². The van der Waals surface area contributed by atoms with Crippen molar-refractivity contribution in [2.24, 2.45) is 0 Å². The monoisotopic (exact) mass is 435 g/mol. The summed E-state index contributed by atoms with van der Waals surface area (Å²) in [5, 5.41) is 15.8. The second-order valence-electron chi connectivity index (χ2n) is 7.11. The first-order valence-corrected chi connectivity index (χ1v) is 9.93. The number of hydroxylamine groups is 1. The van der Waals surface area contributed by atoms with Gasteiger partial charge < -0.3 is 15.2 Å². The van der Waals surface area contributed by atoms with Crippen molar-refractivity contribution in [2.45, 2.75) is 25.6 Å². The summed E-state index contributed by atoms with van der Waals surface area (Å²) < 4.78 is 11.3. The van der Waals surface area contributed by atoms with Crippen molar-refractivity contribution >= 4 is 11.7 Å². The van der Waals surface area contributed by atoms with Gasteiger partial charge in [-0.3, -0.25) is 14.7 Å². The third-order valence-corrected chi connectivity index (χ3v) is 4.84. The molecule has 4 rings (SSSR count). The summed E-state index contributed by atoms with van der Waals surface area (Å²) in [6.45, 7) is 2.67. The summed E-state index contributed by atoms with van der Waals surface area (Å²) in [7, 11) is 0. The normalized spacial score (nSPS) is 16.3. The fourth-order valence-electron chi connectivity index (χ4n) is 3.13. The Bertz CT molecular complexity index is 1140. The minimum Gasteiger partial charge on any atom is -0.471 e. The van der Waals surface area contributed by atoms with Gasteiger partial charge in [0.1, 0.15) is 23.6 Å². The molecule has 0 radical (unpaired) electrons.